The second-order valence-electron chi connectivity index (χ2n) is 3.55. The van der Waals surface area contributed by atoms with Gasteiger partial charge in [0.2, 0.25) is 5.91 Å². The Morgan fingerprint density at radius 1 is 1.60 bits per heavy atom. The zero-order chi connectivity index (χ0) is 11.1. The Bertz CT molecular complexity index is 325. The first-order chi connectivity index (χ1) is 7.20. The van der Waals surface area contributed by atoms with Crippen LogP contribution in [-0.4, -0.2) is 17.4 Å². The number of hydrogen-bond donors (Lipinski definition) is 2. The van der Waals surface area contributed by atoms with Crippen LogP contribution in [0, 0.1) is 6.92 Å². The van der Waals surface area contributed by atoms with E-state index in [1.54, 1.807) is 6.20 Å². The third-order valence-electron chi connectivity index (χ3n) is 2.24. The number of rotatable bonds is 6. The Morgan fingerprint density at radius 3 is 3.07 bits per heavy atom. The molecule has 1 aromatic rings. The molecule has 0 atom stereocenters. The highest BCUT2D eigenvalue weighted by Gasteiger charge is 1.97. The van der Waals surface area contributed by atoms with Crippen LogP contribution in [0.3, 0.4) is 0 Å². The fourth-order valence-electron chi connectivity index (χ4n) is 1.29. The minimum absolute atomic E-state index is 0.241. The summed E-state index contributed by atoms with van der Waals surface area (Å²) in [6.07, 6.45) is 4.87. The van der Waals surface area contributed by atoms with Gasteiger partial charge in [0.25, 0.3) is 0 Å². The van der Waals surface area contributed by atoms with Gasteiger partial charge in [0.05, 0.1) is 0 Å². The lowest BCUT2D eigenvalue weighted by Crippen LogP contribution is -2.18. The van der Waals surface area contributed by atoms with Gasteiger partial charge in [0, 0.05) is 25.4 Å². The predicted molar refractivity (Wildman–Crippen MR) is 59.1 cm³/mol. The molecule has 3 N–H and O–H groups in total. The van der Waals surface area contributed by atoms with Crippen molar-refractivity contribution < 1.29 is 4.79 Å². The monoisotopic (exact) mass is 207 g/mol. The SMILES string of the molecule is Cc1ccncc1CNCCCC(N)=O. The number of aromatic nitrogens is 1. The minimum atomic E-state index is -0.241. The molecule has 0 aromatic carbocycles. The summed E-state index contributed by atoms with van der Waals surface area (Å²) in [4.78, 5) is 14.5. The van der Waals surface area contributed by atoms with E-state index >= 15 is 0 Å². The van der Waals surface area contributed by atoms with E-state index < -0.39 is 0 Å². The summed E-state index contributed by atoms with van der Waals surface area (Å²) in [6, 6.07) is 1.99. The van der Waals surface area contributed by atoms with Crippen LogP contribution in [0.25, 0.3) is 0 Å². The topological polar surface area (TPSA) is 68.0 Å². The van der Waals surface area contributed by atoms with Gasteiger partial charge in [-0.15, -0.1) is 0 Å². The van der Waals surface area contributed by atoms with Crippen molar-refractivity contribution in [2.45, 2.75) is 26.3 Å². The minimum Gasteiger partial charge on any atom is -0.370 e. The average molecular weight is 207 g/mol. The second-order valence-corrected chi connectivity index (χ2v) is 3.55. The van der Waals surface area contributed by atoms with Gasteiger partial charge in [0.15, 0.2) is 0 Å². The van der Waals surface area contributed by atoms with Crippen LogP contribution < -0.4 is 11.1 Å². The molecular formula is C11H17N3O. The first-order valence-electron chi connectivity index (χ1n) is 5.08. The number of pyridine rings is 1. The number of amides is 1. The molecule has 0 aliphatic carbocycles. The van der Waals surface area contributed by atoms with E-state index in [1.807, 2.05) is 12.3 Å². The maximum absolute atomic E-state index is 10.5. The van der Waals surface area contributed by atoms with Gasteiger partial charge in [-0.25, -0.2) is 0 Å². The Hall–Kier alpha value is -1.42. The van der Waals surface area contributed by atoms with E-state index in [9.17, 15) is 4.79 Å². The first kappa shape index (κ1) is 11.7. The van der Waals surface area contributed by atoms with Gasteiger partial charge >= 0.3 is 0 Å². The van der Waals surface area contributed by atoms with E-state index in [1.165, 1.54) is 11.1 Å². The van der Waals surface area contributed by atoms with E-state index in [-0.39, 0.29) is 5.91 Å². The van der Waals surface area contributed by atoms with Gasteiger partial charge in [0.1, 0.15) is 0 Å². The summed E-state index contributed by atoms with van der Waals surface area (Å²) >= 11 is 0. The second kappa shape index (κ2) is 6.14. The summed E-state index contributed by atoms with van der Waals surface area (Å²) in [6.45, 7) is 3.65. The molecule has 0 saturated heterocycles. The van der Waals surface area contributed by atoms with Gasteiger partial charge in [-0.2, -0.15) is 0 Å². The summed E-state index contributed by atoms with van der Waals surface area (Å²) < 4.78 is 0. The zero-order valence-corrected chi connectivity index (χ0v) is 8.99. The quantitative estimate of drug-likeness (QED) is 0.676. The molecule has 0 aliphatic rings. The van der Waals surface area contributed by atoms with Crippen molar-refractivity contribution in [2.24, 2.45) is 5.73 Å². The lowest BCUT2D eigenvalue weighted by Gasteiger charge is -2.06. The number of carbonyl (C=O) groups excluding carboxylic acids is 1. The van der Waals surface area contributed by atoms with Crippen LogP contribution in [-0.2, 0) is 11.3 Å². The fraction of sp³-hybridized carbons (Fsp3) is 0.455. The molecule has 0 unspecified atom stereocenters. The molecule has 82 valence electrons. The molecule has 0 radical (unpaired) electrons. The lowest BCUT2D eigenvalue weighted by molar-refractivity contribution is -0.118. The highest BCUT2D eigenvalue weighted by Crippen LogP contribution is 2.03. The Morgan fingerprint density at radius 2 is 2.40 bits per heavy atom. The first-order valence-corrected chi connectivity index (χ1v) is 5.08. The average Bonchev–Trinajstić information content (AvgIpc) is 2.20. The Kier molecular flexibility index (Phi) is 4.77. The van der Waals surface area contributed by atoms with Crippen molar-refractivity contribution >= 4 is 5.91 Å². The molecule has 1 aromatic heterocycles. The summed E-state index contributed by atoms with van der Waals surface area (Å²) in [7, 11) is 0. The van der Waals surface area contributed by atoms with Crippen LogP contribution in [0.15, 0.2) is 18.5 Å². The van der Waals surface area contributed by atoms with Crippen molar-refractivity contribution in [3.63, 3.8) is 0 Å². The summed E-state index contributed by atoms with van der Waals surface area (Å²) in [5.74, 6) is -0.241. The lowest BCUT2D eigenvalue weighted by atomic mass is 10.1. The molecule has 1 rings (SSSR count). The van der Waals surface area contributed by atoms with Crippen LogP contribution in [0.2, 0.25) is 0 Å². The summed E-state index contributed by atoms with van der Waals surface area (Å²) in [5.41, 5.74) is 7.45. The maximum atomic E-state index is 10.5. The Labute approximate surface area is 89.9 Å². The van der Waals surface area contributed by atoms with Crippen molar-refractivity contribution in [1.82, 2.24) is 10.3 Å². The largest absolute Gasteiger partial charge is 0.370 e. The van der Waals surface area contributed by atoms with E-state index in [0.717, 1.165) is 19.5 Å². The number of primary amides is 1. The standard InChI is InChI=1S/C11H17N3O/c1-9-4-6-14-8-10(9)7-13-5-2-3-11(12)15/h4,6,8,13H,2-3,5,7H2,1H3,(H2,12,15). The van der Waals surface area contributed by atoms with Crippen LogP contribution in [0.5, 0.6) is 0 Å². The van der Waals surface area contributed by atoms with Crippen LogP contribution >= 0.6 is 0 Å². The molecule has 0 saturated carbocycles. The fourth-order valence-corrected chi connectivity index (χ4v) is 1.29. The van der Waals surface area contributed by atoms with Crippen molar-refractivity contribution in [2.75, 3.05) is 6.54 Å². The maximum Gasteiger partial charge on any atom is 0.217 e. The molecule has 15 heavy (non-hydrogen) atoms. The Balaban J connectivity index is 2.21. The zero-order valence-electron chi connectivity index (χ0n) is 8.99. The van der Waals surface area contributed by atoms with Crippen LogP contribution in [0.4, 0.5) is 0 Å². The van der Waals surface area contributed by atoms with Crippen LogP contribution in [0.1, 0.15) is 24.0 Å². The van der Waals surface area contributed by atoms with E-state index in [4.69, 9.17) is 5.73 Å². The highest BCUT2D eigenvalue weighted by atomic mass is 16.1. The molecule has 4 heteroatoms. The smallest absolute Gasteiger partial charge is 0.217 e. The molecule has 0 aliphatic heterocycles. The van der Waals surface area contributed by atoms with Crippen molar-refractivity contribution in [3.05, 3.63) is 29.6 Å². The van der Waals surface area contributed by atoms with Gasteiger partial charge < -0.3 is 11.1 Å². The number of carbonyl (C=O) groups is 1. The normalized spacial score (nSPS) is 10.2. The number of nitrogens with one attached hydrogen (secondary N) is 1. The molecule has 0 spiro atoms. The van der Waals surface area contributed by atoms with Crippen molar-refractivity contribution in [1.29, 1.82) is 0 Å². The predicted octanol–water partition coefficient (Wildman–Crippen LogP) is 0.745. The van der Waals surface area contributed by atoms with Gasteiger partial charge in [-0.3, -0.25) is 9.78 Å². The molecule has 0 fully saturated rings. The number of nitrogens with two attached hydrogens (primary N) is 1. The number of nitrogens with zero attached hydrogens (tertiary/aromatic N) is 1. The van der Waals surface area contributed by atoms with E-state index in [0.29, 0.717) is 6.42 Å². The molecular weight excluding hydrogens is 190 g/mol. The van der Waals surface area contributed by atoms with Gasteiger partial charge in [-0.1, -0.05) is 0 Å². The molecule has 1 heterocycles. The van der Waals surface area contributed by atoms with Gasteiger partial charge in [-0.05, 0) is 37.1 Å². The number of hydrogen-bond acceptors (Lipinski definition) is 3. The third-order valence-corrected chi connectivity index (χ3v) is 2.24. The van der Waals surface area contributed by atoms with E-state index in [2.05, 4.69) is 17.2 Å². The summed E-state index contributed by atoms with van der Waals surface area (Å²) in [5, 5.41) is 3.25. The third kappa shape index (κ3) is 4.56. The molecule has 1 amide bonds. The highest BCUT2D eigenvalue weighted by molar-refractivity contribution is 5.73. The number of aryl methyl sites for hydroxylation is 1. The molecule has 4 nitrogen and oxygen atoms in total. The molecule has 0 bridgehead atoms. The van der Waals surface area contributed by atoms with Crippen molar-refractivity contribution in [3.8, 4) is 0 Å².